The summed E-state index contributed by atoms with van der Waals surface area (Å²) in [5, 5.41) is 11.3. The molecule has 92 valence electrons. The molecule has 5 nitrogen and oxygen atoms in total. The Hall–Kier alpha value is -1.88. The van der Waals surface area contributed by atoms with Gasteiger partial charge in [0.05, 0.1) is 6.61 Å². The van der Waals surface area contributed by atoms with Crippen molar-refractivity contribution in [2.45, 2.75) is 13.5 Å². The molecular weight excluding hydrogens is 222 g/mol. The van der Waals surface area contributed by atoms with Crippen LogP contribution >= 0.6 is 0 Å². The third-order valence-electron chi connectivity index (χ3n) is 2.34. The van der Waals surface area contributed by atoms with Gasteiger partial charge in [-0.25, -0.2) is 0 Å². The SMILES string of the molecule is COCc1ccccc1NC(=O)C(C)C(=O)O. The predicted molar refractivity (Wildman–Crippen MR) is 62.6 cm³/mol. The number of carbonyl (C=O) groups excluding carboxylic acids is 1. The number of methoxy groups -OCH3 is 1. The van der Waals surface area contributed by atoms with Crippen molar-refractivity contribution >= 4 is 17.6 Å². The first-order chi connectivity index (χ1) is 8.06. The lowest BCUT2D eigenvalue weighted by atomic mass is 10.1. The number of amides is 1. The van der Waals surface area contributed by atoms with Crippen LogP contribution < -0.4 is 5.32 Å². The average Bonchev–Trinajstić information content (AvgIpc) is 2.30. The molecule has 0 aromatic heterocycles. The molecular formula is C12H15NO4. The topological polar surface area (TPSA) is 75.6 Å². The first kappa shape index (κ1) is 13.2. The zero-order chi connectivity index (χ0) is 12.8. The van der Waals surface area contributed by atoms with Crippen molar-refractivity contribution in [2.75, 3.05) is 12.4 Å². The summed E-state index contributed by atoms with van der Waals surface area (Å²) in [4.78, 5) is 22.2. The minimum Gasteiger partial charge on any atom is -0.481 e. The molecule has 0 saturated carbocycles. The number of aliphatic carboxylic acids is 1. The van der Waals surface area contributed by atoms with Gasteiger partial charge >= 0.3 is 5.97 Å². The van der Waals surface area contributed by atoms with Gasteiger partial charge in [-0.05, 0) is 13.0 Å². The van der Waals surface area contributed by atoms with Crippen molar-refractivity contribution in [1.82, 2.24) is 0 Å². The Morgan fingerprint density at radius 2 is 2.06 bits per heavy atom. The van der Waals surface area contributed by atoms with E-state index in [4.69, 9.17) is 9.84 Å². The highest BCUT2D eigenvalue weighted by molar-refractivity contribution is 6.04. The number of benzene rings is 1. The summed E-state index contributed by atoms with van der Waals surface area (Å²) < 4.78 is 4.99. The lowest BCUT2D eigenvalue weighted by Crippen LogP contribution is -2.27. The van der Waals surface area contributed by atoms with Crippen LogP contribution in [0.15, 0.2) is 24.3 Å². The van der Waals surface area contributed by atoms with Crippen LogP contribution in [0.2, 0.25) is 0 Å². The maximum absolute atomic E-state index is 11.6. The normalized spacial score (nSPS) is 11.9. The molecule has 0 heterocycles. The van der Waals surface area contributed by atoms with Crippen molar-refractivity contribution in [1.29, 1.82) is 0 Å². The number of hydrogen-bond donors (Lipinski definition) is 2. The van der Waals surface area contributed by atoms with E-state index in [1.54, 1.807) is 19.2 Å². The molecule has 17 heavy (non-hydrogen) atoms. The lowest BCUT2D eigenvalue weighted by Gasteiger charge is -2.12. The summed E-state index contributed by atoms with van der Waals surface area (Å²) in [6.45, 7) is 1.70. The van der Waals surface area contributed by atoms with Gasteiger partial charge < -0.3 is 15.2 Å². The fourth-order valence-electron chi connectivity index (χ4n) is 1.28. The van der Waals surface area contributed by atoms with Gasteiger partial charge in [0.2, 0.25) is 5.91 Å². The van der Waals surface area contributed by atoms with E-state index in [2.05, 4.69) is 5.32 Å². The molecule has 0 fully saturated rings. The molecule has 1 unspecified atom stereocenters. The van der Waals surface area contributed by atoms with Crippen molar-refractivity contribution in [3.63, 3.8) is 0 Å². The molecule has 1 atom stereocenters. The first-order valence-electron chi connectivity index (χ1n) is 5.16. The summed E-state index contributed by atoms with van der Waals surface area (Å²) in [6.07, 6.45) is 0. The number of anilines is 1. The standard InChI is InChI=1S/C12H15NO4/c1-8(12(15)16)11(14)13-10-6-4-3-5-9(10)7-17-2/h3-6,8H,7H2,1-2H3,(H,13,14)(H,15,16). The van der Waals surface area contributed by atoms with Gasteiger partial charge in [0, 0.05) is 18.4 Å². The van der Waals surface area contributed by atoms with Crippen LogP contribution in [0.1, 0.15) is 12.5 Å². The highest BCUT2D eigenvalue weighted by Gasteiger charge is 2.20. The second-order valence-corrected chi connectivity index (χ2v) is 3.64. The maximum atomic E-state index is 11.6. The Bertz CT molecular complexity index is 417. The van der Waals surface area contributed by atoms with Gasteiger partial charge in [-0.2, -0.15) is 0 Å². The van der Waals surface area contributed by atoms with Crippen LogP contribution in [0.5, 0.6) is 0 Å². The number of hydrogen-bond acceptors (Lipinski definition) is 3. The molecule has 0 bridgehead atoms. The summed E-state index contributed by atoms with van der Waals surface area (Å²) >= 11 is 0. The van der Waals surface area contributed by atoms with E-state index in [0.29, 0.717) is 12.3 Å². The van der Waals surface area contributed by atoms with Gasteiger partial charge in [-0.3, -0.25) is 9.59 Å². The number of carboxylic acids is 1. The first-order valence-corrected chi connectivity index (χ1v) is 5.16. The molecule has 1 aromatic carbocycles. The zero-order valence-corrected chi connectivity index (χ0v) is 9.77. The van der Waals surface area contributed by atoms with Crippen molar-refractivity contribution in [2.24, 2.45) is 5.92 Å². The van der Waals surface area contributed by atoms with Gasteiger partial charge in [0.25, 0.3) is 0 Å². The third kappa shape index (κ3) is 3.57. The largest absolute Gasteiger partial charge is 0.481 e. The summed E-state index contributed by atoms with van der Waals surface area (Å²) in [5.41, 5.74) is 1.38. The minimum atomic E-state index is -1.15. The molecule has 0 aliphatic rings. The van der Waals surface area contributed by atoms with Gasteiger partial charge in [-0.15, -0.1) is 0 Å². The maximum Gasteiger partial charge on any atom is 0.315 e. The monoisotopic (exact) mass is 237 g/mol. The molecule has 0 radical (unpaired) electrons. The Morgan fingerprint density at radius 3 is 2.65 bits per heavy atom. The number of carboxylic acid groups (broad SMARTS) is 1. The number of rotatable bonds is 5. The number of ether oxygens (including phenoxy) is 1. The Labute approximate surface area is 99.4 Å². The highest BCUT2D eigenvalue weighted by atomic mass is 16.5. The van der Waals surface area contributed by atoms with Crippen LogP contribution in [0, 0.1) is 5.92 Å². The zero-order valence-electron chi connectivity index (χ0n) is 9.77. The quantitative estimate of drug-likeness (QED) is 0.761. The summed E-state index contributed by atoms with van der Waals surface area (Å²) in [6, 6.07) is 7.11. The average molecular weight is 237 g/mol. The van der Waals surface area contributed by atoms with E-state index in [1.807, 2.05) is 12.1 Å². The van der Waals surface area contributed by atoms with Crippen LogP contribution in [-0.2, 0) is 20.9 Å². The molecule has 1 amide bonds. The summed E-state index contributed by atoms with van der Waals surface area (Å²) in [5.74, 6) is -2.77. The molecule has 0 aliphatic heterocycles. The second-order valence-electron chi connectivity index (χ2n) is 3.64. The van der Waals surface area contributed by atoms with Crippen molar-refractivity contribution in [3.8, 4) is 0 Å². The lowest BCUT2D eigenvalue weighted by molar-refractivity contribution is -0.144. The van der Waals surface area contributed by atoms with Gasteiger partial charge in [-0.1, -0.05) is 18.2 Å². The van der Waals surface area contributed by atoms with Crippen LogP contribution in [0.4, 0.5) is 5.69 Å². The molecule has 0 saturated heterocycles. The van der Waals surface area contributed by atoms with Gasteiger partial charge in [0.15, 0.2) is 0 Å². The fraction of sp³-hybridized carbons (Fsp3) is 0.333. The molecule has 2 N–H and O–H groups in total. The fourth-order valence-corrected chi connectivity index (χ4v) is 1.28. The number of nitrogens with one attached hydrogen (secondary N) is 1. The van der Waals surface area contributed by atoms with E-state index in [0.717, 1.165) is 5.56 Å². The van der Waals surface area contributed by atoms with Crippen LogP contribution in [0.3, 0.4) is 0 Å². The van der Waals surface area contributed by atoms with Crippen LogP contribution in [-0.4, -0.2) is 24.1 Å². The Balaban J connectivity index is 2.80. The van der Waals surface area contributed by atoms with Crippen molar-refractivity contribution in [3.05, 3.63) is 29.8 Å². The molecule has 1 rings (SSSR count). The predicted octanol–water partition coefficient (Wildman–Crippen LogP) is 1.49. The van der Waals surface area contributed by atoms with Crippen LogP contribution in [0.25, 0.3) is 0 Å². The number of carbonyl (C=O) groups is 2. The molecule has 1 aromatic rings. The molecule has 0 spiro atoms. The van der Waals surface area contributed by atoms with E-state index in [-0.39, 0.29) is 0 Å². The summed E-state index contributed by atoms with van der Waals surface area (Å²) in [7, 11) is 1.55. The number of para-hydroxylation sites is 1. The molecule has 0 aliphatic carbocycles. The molecule has 5 heteroatoms. The van der Waals surface area contributed by atoms with E-state index >= 15 is 0 Å². The Morgan fingerprint density at radius 1 is 1.41 bits per heavy atom. The van der Waals surface area contributed by atoms with E-state index < -0.39 is 17.8 Å². The second kappa shape index (κ2) is 6.00. The third-order valence-corrected chi connectivity index (χ3v) is 2.34. The smallest absolute Gasteiger partial charge is 0.315 e. The minimum absolute atomic E-state index is 0.359. The van der Waals surface area contributed by atoms with E-state index in [9.17, 15) is 9.59 Å². The van der Waals surface area contributed by atoms with Crippen molar-refractivity contribution < 1.29 is 19.4 Å². The van der Waals surface area contributed by atoms with Gasteiger partial charge in [0.1, 0.15) is 5.92 Å². The Kier molecular flexibility index (Phi) is 4.66. The van der Waals surface area contributed by atoms with E-state index in [1.165, 1.54) is 6.92 Å². The highest BCUT2D eigenvalue weighted by Crippen LogP contribution is 2.16.